The summed E-state index contributed by atoms with van der Waals surface area (Å²) in [5, 5.41) is 9.65. The number of carbonyl (C=O) groups excluding carboxylic acids is 1. The zero-order valence-corrected chi connectivity index (χ0v) is 9.06. The van der Waals surface area contributed by atoms with Crippen LogP contribution in [0.2, 0.25) is 0 Å². The second-order valence-electron chi connectivity index (χ2n) is 5.46. The Hall–Kier alpha value is -0.570. The van der Waals surface area contributed by atoms with Crippen LogP contribution in [0.25, 0.3) is 0 Å². The second-order valence-corrected chi connectivity index (χ2v) is 5.46. The number of aliphatic hydroxyl groups is 1. The molecule has 2 aliphatic heterocycles. The largest absolute Gasteiger partial charge is 0.393 e. The lowest BCUT2D eigenvalue weighted by atomic mass is 9.99. The van der Waals surface area contributed by atoms with Crippen LogP contribution in [0.15, 0.2) is 0 Å². The fourth-order valence-electron chi connectivity index (χ4n) is 3.23. The molecule has 3 rings (SSSR count). The van der Waals surface area contributed by atoms with E-state index in [2.05, 4.69) is 4.90 Å². The third kappa shape index (κ3) is 1.78. The quantitative estimate of drug-likeness (QED) is 0.744. The van der Waals surface area contributed by atoms with Crippen LogP contribution in [0.5, 0.6) is 0 Å². The maximum Gasteiger partial charge on any atom is 0.223 e. The number of hydrogen-bond acceptors (Lipinski definition) is 2. The molecule has 1 aliphatic carbocycles. The van der Waals surface area contributed by atoms with Gasteiger partial charge in [0.25, 0.3) is 0 Å². The van der Waals surface area contributed by atoms with Crippen molar-refractivity contribution in [3.05, 3.63) is 0 Å². The minimum Gasteiger partial charge on any atom is -0.393 e. The minimum atomic E-state index is -0.160. The molecule has 2 bridgehead atoms. The average Bonchev–Trinajstić information content (AvgIpc) is 2.93. The summed E-state index contributed by atoms with van der Waals surface area (Å²) in [5.74, 6) is 1.04. The summed E-state index contributed by atoms with van der Waals surface area (Å²) in [6, 6.07) is 0.704. The van der Waals surface area contributed by atoms with E-state index in [1.807, 2.05) is 0 Å². The summed E-state index contributed by atoms with van der Waals surface area (Å²) < 4.78 is 0. The third-order valence-corrected chi connectivity index (χ3v) is 4.16. The van der Waals surface area contributed by atoms with E-state index in [1.54, 1.807) is 0 Å². The molecule has 3 nitrogen and oxygen atoms in total. The fraction of sp³-hybridized carbons (Fsp3) is 0.917. The van der Waals surface area contributed by atoms with Crippen molar-refractivity contribution in [1.82, 2.24) is 4.90 Å². The number of aliphatic hydroxyl groups excluding tert-OH is 1. The number of fused-ring (bicyclic) bond motifs is 2. The molecule has 84 valence electrons. The number of amides is 1. The van der Waals surface area contributed by atoms with E-state index < -0.39 is 0 Å². The van der Waals surface area contributed by atoms with Crippen LogP contribution in [0.3, 0.4) is 0 Å². The fourth-order valence-corrected chi connectivity index (χ4v) is 3.23. The maximum absolute atomic E-state index is 12.1. The number of rotatable bonds is 2. The topological polar surface area (TPSA) is 40.5 Å². The van der Waals surface area contributed by atoms with Crippen molar-refractivity contribution in [3.8, 4) is 0 Å². The molecule has 0 spiro atoms. The first kappa shape index (κ1) is 9.64. The van der Waals surface area contributed by atoms with Crippen molar-refractivity contribution >= 4 is 5.91 Å². The monoisotopic (exact) mass is 209 g/mol. The van der Waals surface area contributed by atoms with Gasteiger partial charge in [-0.3, -0.25) is 4.79 Å². The zero-order chi connectivity index (χ0) is 10.4. The first-order chi connectivity index (χ1) is 7.24. The second kappa shape index (κ2) is 3.48. The van der Waals surface area contributed by atoms with Gasteiger partial charge in [-0.15, -0.1) is 0 Å². The Morgan fingerprint density at radius 2 is 1.73 bits per heavy atom. The highest BCUT2D eigenvalue weighted by Gasteiger charge is 2.43. The predicted octanol–water partition coefficient (Wildman–Crippen LogP) is 1.30. The Bertz CT molecular complexity index is 261. The van der Waals surface area contributed by atoms with E-state index in [9.17, 15) is 9.90 Å². The lowest BCUT2D eigenvalue weighted by molar-refractivity contribution is -0.137. The molecule has 15 heavy (non-hydrogen) atoms. The summed E-state index contributed by atoms with van der Waals surface area (Å²) >= 11 is 0. The lowest BCUT2D eigenvalue weighted by Gasteiger charge is -2.37. The Labute approximate surface area is 90.5 Å². The number of carbonyl (C=O) groups is 1. The van der Waals surface area contributed by atoms with Crippen molar-refractivity contribution in [1.29, 1.82) is 0 Å². The highest BCUT2D eigenvalue weighted by atomic mass is 16.3. The molecule has 1 saturated carbocycles. The molecular formula is C12H19NO2. The lowest BCUT2D eigenvalue weighted by Crippen LogP contribution is -2.48. The first-order valence-corrected chi connectivity index (χ1v) is 6.23. The third-order valence-electron chi connectivity index (χ3n) is 4.16. The van der Waals surface area contributed by atoms with E-state index in [0.29, 0.717) is 23.9 Å². The molecule has 0 aromatic heterocycles. The molecule has 2 unspecified atom stereocenters. The van der Waals surface area contributed by atoms with Crippen molar-refractivity contribution in [2.24, 2.45) is 5.92 Å². The van der Waals surface area contributed by atoms with Gasteiger partial charge >= 0.3 is 0 Å². The molecule has 1 amide bonds. The van der Waals surface area contributed by atoms with Gasteiger partial charge in [0.1, 0.15) is 0 Å². The van der Waals surface area contributed by atoms with Gasteiger partial charge in [0.15, 0.2) is 0 Å². The SMILES string of the molecule is O=C(CC1CC1)N1C2CCC1CC(O)C2. The van der Waals surface area contributed by atoms with Crippen molar-refractivity contribution < 1.29 is 9.90 Å². The Balaban J connectivity index is 1.67. The average molecular weight is 209 g/mol. The highest BCUT2D eigenvalue weighted by molar-refractivity contribution is 5.78. The van der Waals surface area contributed by atoms with Gasteiger partial charge in [-0.2, -0.15) is 0 Å². The maximum atomic E-state index is 12.1. The predicted molar refractivity (Wildman–Crippen MR) is 56.2 cm³/mol. The van der Waals surface area contributed by atoms with Crippen LogP contribution in [-0.4, -0.2) is 34.1 Å². The molecule has 2 saturated heterocycles. The molecule has 1 N–H and O–H groups in total. The molecule has 2 atom stereocenters. The molecule has 3 fully saturated rings. The van der Waals surface area contributed by atoms with Crippen molar-refractivity contribution in [2.75, 3.05) is 0 Å². The van der Waals surface area contributed by atoms with E-state index in [4.69, 9.17) is 0 Å². The minimum absolute atomic E-state index is 0.160. The van der Waals surface area contributed by atoms with Gasteiger partial charge in [-0.05, 0) is 44.4 Å². The molecular weight excluding hydrogens is 190 g/mol. The Kier molecular flexibility index (Phi) is 2.23. The van der Waals surface area contributed by atoms with Crippen LogP contribution >= 0.6 is 0 Å². The van der Waals surface area contributed by atoms with Crippen molar-refractivity contribution in [3.63, 3.8) is 0 Å². The van der Waals surface area contributed by atoms with Crippen LogP contribution in [0, 0.1) is 5.92 Å². The van der Waals surface area contributed by atoms with Gasteiger partial charge in [0.2, 0.25) is 5.91 Å². The normalized spacial score (nSPS) is 39.5. The Morgan fingerprint density at radius 1 is 1.13 bits per heavy atom. The van der Waals surface area contributed by atoms with Crippen LogP contribution in [-0.2, 0) is 4.79 Å². The smallest absolute Gasteiger partial charge is 0.223 e. The van der Waals surface area contributed by atoms with E-state index in [1.165, 1.54) is 12.8 Å². The summed E-state index contributed by atoms with van der Waals surface area (Å²) in [5.41, 5.74) is 0. The molecule has 3 heteroatoms. The molecule has 3 aliphatic rings. The van der Waals surface area contributed by atoms with E-state index in [-0.39, 0.29) is 6.10 Å². The van der Waals surface area contributed by atoms with Gasteiger partial charge in [-0.1, -0.05) is 0 Å². The van der Waals surface area contributed by atoms with Crippen LogP contribution < -0.4 is 0 Å². The summed E-state index contributed by atoms with van der Waals surface area (Å²) in [6.07, 6.45) is 6.95. The summed E-state index contributed by atoms with van der Waals surface area (Å²) in [6.45, 7) is 0. The molecule has 0 aromatic rings. The van der Waals surface area contributed by atoms with Crippen molar-refractivity contribution in [2.45, 2.75) is 63.1 Å². The number of piperidine rings is 1. The molecule has 2 heterocycles. The van der Waals surface area contributed by atoms with Gasteiger partial charge in [-0.25, -0.2) is 0 Å². The first-order valence-electron chi connectivity index (χ1n) is 6.23. The van der Waals surface area contributed by atoms with Gasteiger partial charge < -0.3 is 10.0 Å². The number of hydrogen-bond donors (Lipinski definition) is 1. The van der Waals surface area contributed by atoms with Gasteiger partial charge in [0.05, 0.1) is 6.10 Å². The van der Waals surface area contributed by atoms with Crippen LogP contribution in [0.4, 0.5) is 0 Å². The summed E-state index contributed by atoms with van der Waals surface area (Å²) in [4.78, 5) is 14.2. The Morgan fingerprint density at radius 3 is 2.27 bits per heavy atom. The zero-order valence-electron chi connectivity index (χ0n) is 9.06. The van der Waals surface area contributed by atoms with E-state index >= 15 is 0 Å². The standard InChI is InChI=1S/C12H19NO2/c14-11-6-9-3-4-10(7-11)13(9)12(15)5-8-1-2-8/h8-11,14H,1-7H2. The molecule has 0 aromatic carbocycles. The number of nitrogens with zero attached hydrogens (tertiary/aromatic N) is 1. The van der Waals surface area contributed by atoms with E-state index in [0.717, 1.165) is 32.1 Å². The van der Waals surface area contributed by atoms with Crippen LogP contribution in [0.1, 0.15) is 44.9 Å². The summed E-state index contributed by atoms with van der Waals surface area (Å²) in [7, 11) is 0. The molecule has 0 radical (unpaired) electrons. The van der Waals surface area contributed by atoms with Gasteiger partial charge in [0, 0.05) is 18.5 Å². The highest BCUT2D eigenvalue weighted by Crippen LogP contribution is 2.39.